The number of aromatic nitrogens is 2. The number of ether oxygens (including phenoxy) is 1. The molecule has 40 heavy (non-hydrogen) atoms. The van der Waals surface area contributed by atoms with Gasteiger partial charge in [-0.25, -0.2) is 27.2 Å². The molecule has 1 aromatic heterocycles. The lowest BCUT2D eigenvalue weighted by atomic mass is 9.98. The van der Waals surface area contributed by atoms with Gasteiger partial charge in [0.25, 0.3) is 0 Å². The van der Waals surface area contributed by atoms with E-state index < -0.39 is 21.5 Å². The van der Waals surface area contributed by atoms with Gasteiger partial charge in [-0.2, -0.15) is 0 Å². The highest BCUT2D eigenvalue weighted by Crippen LogP contribution is 2.40. The van der Waals surface area contributed by atoms with Gasteiger partial charge >= 0.3 is 0 Å². The lowest BCUT2D eigenvalue weighted by molar-refractivity contribution is 0.287. The molecule has 0 unspecified atom stereocenters. The number of nitrogens with zero attached hydrogens (tertiary/aromatic N) is 5. The van der Waals surface area contributed by atoms with Crippen LogP contribution in [0.2, 0.25) is 0 Å². The lowest BCUT2D eigenvalue weighted by Crippen LogP contribution is -2.44. The minimum atomic E-state index is -3.27. The summed E-state index contributed by atoms with van der Waals surface area (Å²) >= 11 is 0. The maximum atomic E-state index is 15.1. The molecule has 1 fully saturated rings. The Bertz CT molecular complexity index is 1570. The first kappa shape index (κ1) is 26.9. The Hall–Kier alpha value is -3.31. The maximum Gasteiger partial charge on any atom is 0.178 e. The fraction of sp³-hybridized carbons (Fsp3) is 0.448. The molecule has 3 aromatic rings. The number of benzene rings is 2. The Morgan fingerprint density at radius 1 is 0.975 bits per heavy atom. The van der Waals surface area contributed by atoms with Crippen LogP contribution in [0.1, 0.15) is 36.4 Å². The SMILES string of the molecule is CC(C)N1CCOc2c(F)cc(-c3nc(Cc4ccc(N5CCN(C)CC5)c5c4CS(=O)(=O)C5)ncc3F)cc21. The van der Waals surface area contributed by atoms with E-state index in [-0.39, 0.29) is 35.4 Å². The Morgan fingerprint density at radius 2 is 1.73 bits per heavy atom. The Labute approximate surface area is 233 Å². The predicted octanol–water partition coefficient (Wildman–Crippen LogP) is 3.80. The van der Waals surface area contributed by atoms with Crippen molar-refractivity contribution in [3.63, 3.8) is 0 Å². The molecule has 0 atom stereocenters. The summed E-state index contributed by atoms with van der Waals surface area (Å²) in [6.07, 6.45) is 1.34. The molecule has 0 saturated carbocycles. The van der Waals surface area contributed by atoms with Crippen molar-refractivity contribution < 1.29 is 21.9 Å². The highest BCUT2D eigenvalue weighted by molar-refractivity contribution is 7.90. The van der Waals surface area contributed by atoms with Gasteiger partial charge in [0, 0.05) is 49.9 Å². The smallest absolute Gasteiger partial charge is 0.178 e. The van der Waals surface area contributed by atoms with E-state index in [0.717, 1.165) is 54.8 Å². The average molecular weight is 570 g/mol. The second-order valence-corrected chi connectivity index (χ2v) is 13.2. The minimum Gasteiger partial charge on any atom is -0.486 e. The molecule has 2 aromatic carbocycles. The van der Waals surface area contributed by atoms with Gasteiger partial charge in [-0.1, -0.05) is 6.07 Å². The van der Waals surface area contributed by atoms with Crippen molar-refractivity contribution in [2.45, 2.75) is 37.8 Å². The van der Waals surface area contributed by atoms with E-state index in [0.29, 0.717) is 30.2 Å². The molecule has 1 saturated heterocycles. The quantitative estimate of drug-likeness (QED) is 0.459. The number of fused-ring (bicyclic) bond motifs is 2. The first-order valence-corrected chi connectivity index (χ1v) is 15.4. The number of halogens is 2. The topological polar surface area (TPSA) is 78.9 Å². The van der Waals surface area contributed by atoms with Crippen LogP contribution in [0.25, 0.3) is 11.3 Å². The van der Waals surface area contributed by atoms with E-state index in [2.05, 4.69) is 26.8 Å². The molecule has 0 bridgehead atoms. The molecule has 3 aliphatic heterocycles. The van der Waals surface area contributed by atoms with Crippen LogP contribution in [0.4, 0.5) is 20.2 Å². The Morgan fingerprint density at radius 3 is 2.48 bits per heavy atom. The summed E-state index contributed by atoms with van der Waals surface area (Å²) in [6, 6.07) is 6.99. The largest absolute Gasteiger partial charge is 0.486 e. The lowest BCUT2D eigenvalue weighted by Gasteiger charge is -2.35. The maximum absolute atomic E-state index is 15.1. The van der Waals surface area contributed by atoms with E-state index in [9.17, 15) is 8.42 Å². The number of anilines is 2. The minimum absolute atomic E-state index is 0.000645. The monoisotopic (exact) mass is 569 g/mol. The van der Waals surface area contributed by atoms with Crippen molar-refractivity contribution in [2.75, 3.05) is 56.2 Å². The van der Waals surface area contributed by atoms with Crippen molar-refractivity contribution in [1.82, 2.24) is 14.9 Å². The number of hydrogen-bond donors (Lipinski definition) is 0. The van der Waals surface area contributed by atoms with Crippen LogP contribution in [0.5, 0.6) is 5.75 Å². The molecule has 0 N–H and O–H groups in total. The van der Waals surface area contributed by atoms with Gasteiger partial charge in [-0.15, -0.1) is 0 Å². The van der Waals surface area contributed by atoms with Crippen molar-refractivity contribution in [1.29, 1.82) is 0 Å². The predicted molar refractivity (Wildman–Crippen MR) is 151 cm³/mol. The van der Waals surface area contributed by atoms with Gasteiger partial charge in [-0.3, -0.25) is 0 Å². The van der Waals surface area contributed by atoms with Crippen LogP contribution in [-0.2, 0) is 27.8 Å². The summed E-state index contributed by atoms with van der Waals surface area (Å²) in [5, 5.41) is 0. The molecule has 4 heterocycles. The van der Waals surface area contributed by atoms with Gasteiger partial charge in [0.2, 0.25) is 0 Å². The Balaban J connectivity index is 1.35. The molecular weight excluding hydrogens is 536 g/mol. The van der Waals surface area contributed by atoms with E-state index >= 15 is 8.78 Å². The first-order valence-electron chi connectivity index (χ1n) is 13.6. The highest BCUT2D eigenvalue weighted by Gasteiger charge is 2.32. The normalized spacial score (nSPS) is 18.6. The number of hydrogen-bond acceptors (Lipinski definition) is 8. The van der Waals surface area contributed by atoms with E-state index in [1.165, 1.54) is 6.07 Å². The number of sulfone groups is 1. The molecule has 212 valence electrons. The van der Waals surface area contributed by atoms with Crippen molar-refractivity contribution in [2.24, 2.45) is 0 Å². The van der Waals surface area contributed by atoms with Crippen LogP contribution >= 0.6 is 0 Å². The molecule has 11 heteroatoms. The van der Waals surface area contributed by atoms with Gasteiger partial charge in [-0.05, 0) is 55.8 Å². The first-order chi connectivity index (χ1) is 19.1. The standard InChI is InChI=1S/C29H33F2N5O3S/c1-18(2)36-10-11-39-29-23(30)12-20(13-26(29)36)28-24(31)15-32-27(33-28)14-19-4-5-25(35-8-6-34(3)7-9-35)22-17-40(37,38)16-21(19)22/h4-5,12-13,15,18H,6-11,14,16-17H2,1-3H3. The second-order valence-electron chi connectivity index (χ2n) is 11.1. The van der Waals surface area contributed by atoms with Gasteiger partial charge in [0.1, 0.15) is 18.1 Å². The van der Waals surface area contributed by atoms with E-state index in [4.69, 9.17) is 4.74 Å². The molecule has 0 aliphatic carbocycles. The van der Waals surface area contributed by atoms with Crippen LogP contribution in [-0.4, -0.2) is 75.7 Å². The van der Waals surface area contributed by atoms with Crippen LogP contribution in [0.3, 0.4) is 0 Å². The summed E-state index contributed by atoms with van der Waals surface area (Å²) in [5.74, 6) is -0.750. The summed E-state index contributed by atoms with van der Waals surface area (Å²) < 4.78 is 61.2. The number of likely N-dealkylation sites (N-methyl/N-ethyl adjacent to an activating group) is 1. The highest BCUT2D eigenvalue weighted by atomic mass is 32.2. The van der Waals surface area contributed by atoms with Crippen molar-refractivity contribution >= 4 is 21.2 Å². The third kappa shape index (κ3) is 5.01. The second kappa shape index (κ2) is 10.3. The summed E-state index contributed by atoms with van der Waals surface area (Å²) in [4.78, 5) is 15.3. The summed E-state index contributed by atoms with van der Waals surface area (Å²) in [6.45, 7) is 8.50. The van der Waals surface area contributed by atoms with Gasteiger partial charge in [0.15, 0.2) is 27.2 Å². The van der Waals surface area contributed by atoms with E-state index in [1.54, 1.807) is 6.07 Å². The number of piperazine rings is 1. The summed E-state index contributed by atoms with van der Waals surface area (Å²) in [5.41, 5.74) is 4.27. The molecule has 6 rings (SSSR count). The van der Waals surface area contributed by atoms with Crippen molar-refractivity contribution in [3.05, 3.63) is 64.6 Å². The third-order valence-corrected chi connectivity index (χ3v) is 9.48. The van der Waals surface area contributed by atoms with Crippen LogP contribution < -0.4 is 14.5 Å². The molecule has 0 radical (unpaired) electrons. The molecule has 8 nitrogen and oxygen atoms in total. The average Bonchev–Trinajstić information content (AvgIpc) is 3.25. The van der Waals surface area contributed by atoms with Crippen LogP contribution in [0.15, 0.2) is 30.5 Å². The third-order valence-electron chi connectivity index (χ3n) is 8.03. The van der Waals surface area contributed by atoms with Crippen LogP contribution in [0, 0.1) is 11.6 Å². The fourth-order valence-electron chi connectivity index (χ4n) is 5.91. The summed E-state index contributed by atoms with van der Waals surface area (Å²) in [7, 11) is -1.19. The number of rotatable bonds is 5. The van der Waals surface area contributed by atoms with Gasteiger partial charge < -0.3 is 19.4 Å². The zero-order chi connectivity index (χ0) is 28.2. The zero-order valence-corrected chi connectivity index (χ0v) is 23.8. The van der Waals surface area contributed by atoms with Gasteiger partial charge in [0.05, 0.1) is 29.9 Å². The zero-order valence-electron chi connectivity index (χ0n) is 23.0. The Kier molecular flexibility index (Phi) is 6.90. The van der Waals surface area contributed by atoms with Crippen molar-refractivity contribution in [3.8, 4) is 17.0 Å². The van der Waals surface area contributed by atoms with E-state index in [1.807, 2.05) is 30.9 Å². The molecule has 0 spiro atoms. The fourth-order valence-corrected chi connectivity index (χ4v) is 7.57. The molecular formula is C29H33F2N5O3S. The molecule has 3 aliphatic rings. The molecule has 0 amide bonds.